The number of hydrogen-bond donors (Lipinski definition) is 0. The Balaban J connectivity index is 1.42. The third-order valence-corrected chi connectivity index (χ3v) is 6.61. The largest absolute Gasteiger partial charge is 0.334 e. The average Bonchev–Trinajstić information content (AvgIpc) is 3.11. The summed E-state index contributed by atoms with van der Waals surface area (Å²) in [5.41, 5.74) is 4.70. The number of fused-ring (bicyclic) bond motifs is 3. The molecular weight excluding hydrogens is 372 g/mol. The number of hydrogen-bond acceptors (Lipinski definition) is 4. The predicted octanol–water partition coefficient (Wildman–Crippen LogP) is 3.29. The van der Waals surface area contributed by atoms with Gasteiger partial charge >= 0.3 is 0 Å². The van der Waals surface area contributed by atoms with Crippen molar-refractivity contribution in [3.63, 3.8) is 0 Å². The van der Waals surface area contributed by atoms with E-state index in [9.17, 15) is 4.79 Å². The van der Waals surface area contributed by atoms with Gasteiger partial charge in [-0.1, -0.05) is 48.6 Å². The maximum atomic E-state index is 13.7. The molecule has 156 valence electrons. The lowest BCUT2D eigenvalue weighted by molar-refractivity contribution is -0.124. The van der Waals surface area contributed by atoms with Gasteiger partial charge in [0.2, 0.25) is 5.96 Å². The van der Waals surface area contributed by atoms with Gasteiger partial charge in [0.25, 0.3) is 5.91 Å². The summed E-state index contributed by atoms with van der Waals surface area (Å²) in [6.45, 7) is 7.01. The Morgan fingerprint density at radius 2 is 2.03 bits per heavy atom. The van der Waals surface area contributed by atoms with Gasteiger partial charge in [-0.2, -0.15) is 0 Å². The summed E-state index contributed by atoms with van der Waals surface area (Å²) in [5.74, 6) is 0.984. The van der Waals surface area contributed by atoms with E-state index in [1.54, 1.807) is 0 Å². The number of carbonyl (C=O) groups excluding carboxylic acids is 1. The molecular formula is C25H30N4O. The third kappa shape index (κ3) is 3.74. The molecule has 0 saturated carbocycles. The normalized spacial score (nSPS) is 24.1. The summed E-state index contributed by atoms with van der Waals surface area (Å²) in [5, 5.41) is 0. The molecule has 2 bridgehead atoms. The van der Waals surface area contributed by atoms with Crippen molar-refractivity contribution < 1.29 is 4.79 Å². The number of aryl methyl sites for hydroxylation is 1. The second-order valence-electron chi connectivity index (χ2n) is 8.71. The van der Waals surface area contributed by atoms with Crippen LogP contribution in [0.4, 0.5) is 0 Å². The van der Waals surface area contributed by atoms with Gasteiger partial charge in [-0.3, -0.25) is 19.6 Å². The van der Waals surface area contributed by atoms with Crippen LogP contribution in [0.25, 0.3) is 0 Å². The first-order valence-electron chi connectivity index (χ1n) is 11.1. The Kier molecular flexibility index (Phi) is 5.30. The smallest absolute Gasteiger partial charge is 0.257 e. The van der Waals surface area contributed by atoms with E-state index < -0.39 is 0 Å². The average molecular weight is 403 g/mol. The fourth-order valence-electron chi connectivity index (χ4n) is 4.93. The van der Waals surface area contributed by atoms with Crippen LogP contribution in [0, 0.1) is 6.92 Å². The van der Waals surface area contributed by atoms with E-state index in [0.29, 0.717) is 13.1 Å². The van der Waals surface area contributed by atoms with E-state index in [-0.39, 0.29) is 11.9 Å². The fraction of sp³-hybridized carbons (Fsp3) is 0.440. The molecule has 5 heteroatoms. The van der Waals surface area contributed by atoms with E-state index in [4.69, 9.17) is 4.99 Å². The minimum Gasteiger partial charge on any atom is -0.334 e. The first-order chi connectivity index (χ1) is 14.7. The van der Waals surface area contributed by atoms with Crippen LogP contribution in [0.2, 0.25) is 0 Å². The number of allylic oxidation sites excluding steroid dienone is 2. The van der Waals surface area contributed by atoms with Crippen LogP contribution in [0.15, 0.2) is 64.7 Å². The molecule has 0 N–H and O–H groups in total. The Hall–Kier alpha value is -2.66. The molecule has 0 aromatic heterocycles. The van der Waals surface area contributed by atoms with Gasteiger partial charge in [-0.15, -0.1) is 0 Å². The van der Waals surface area contributed by atoms with Crippen molar-refractivity contribution in [2.24, 2.45) is 4.99 Å². The number of nitrogens with zero attached hydrogens (tertiary/aromatic N) is 4. The maximum Gasteiger partial charge on any atom is 0.257 e. The van der Waals surface area contributed by atoms with Crippen molar-refractivity contribution in [3.05, 3.63) is 70.8 Å². The van der Waals surface area contributed by atoms with E-state index in [0.717, 1.165) is 57.0 Å². The van der Waals surface area contributed by atoms with Crippen molar-refractivity contribution >= 4 is 11.9 Å². The number of rotatable bonds is 4. The van der Waals surface area contributed by atoms with Gasteiger partial charge in [0.1, 0.15) is 0 Å². The summed E-state index contributed by atoms with van der Waals surface area (Å²) >= 11 is 0. The zero-order chi connectivity index (χ0) is 20.5. The molecule has 0 spiro atoms. The third-order valence-electron chi connectivity index (χ3n) is 6.61. The van der Waals surface area contributed by atoms with Gasteiger partial charge in [-0.25, -0.2) is 0 Å². The van der Waals surface area contributed by atoms with E-state index in [1.807, 2.05) is 4.90 Å². The summed E-state index contributed by atoms with van der Waals surface area (Å²) < 4.78 is 0. The molecule has 1 aliphatic carbocycles. The number of guanidine groups is 1. The lowest BCUT2D eigenvalue weighted by atomic mass is 10.1. The van der Waals surface area contributed by atoms with Gasteiger partial charge in [0.15, 0.2) is 0 Å². The van der Waals surface area contributed by atoms with Crippen molar-refractivity contribution in [1.29, 1.82) is 0 Å². The van der Waals surface area contributed by atoms with Crippen molar-refractivity contribution in [2.75, 3.05) is 32.7 Å². The first kappa shape index (κ1) is 19.3. The molecule has 0 radical (unpaired) electrons. The standard InChI is InChI=1S/C25H30N4O/c1-19-7-5-6-10-21(19)18-29-24(30)22-15-23(28-14-12-26-25(28)29)11-13-27(17-22)16-20-8-3-2-4-9-20/h3,5-10,15,23H,2,4,11-14,16-18H2,1H3. The molecule has 3 aliphatic heterocycles. The predicted molar refractivity (Wildman–Crippen MR) is 120 cm³/mol. The van der Waals surface area contributed by atoms with Crippen molar-refractivity contribution in [2.45, 2.75) is 38.8 Å². The van der Waals surface area contributed by atoms with Crippen LogP contribution in [0.1, 0.15) is 30.4 Å². The second kappa shape index (κ2) is 8.23. The highest BCUT2D eigenvalue weighted by Gasteiger charge is 2.38. The van der Waals surface area contributed by atoms with Crippen LogP contribution < -0.4 is 0 Å². The first-order valence-corrected chi connectivity index (χ1v) is 11.1. The molecule has 30 heavy (non-hydrogen) atoms. The van der Waals surface area contributed by atoms with Gasteiger partial charge in [0.05, 0.1) is 19.1 Å². The summed E-state index contributed by atoms with van der Waals surface area (Å²) in [6.07, 6.45) is 12.4. The van der Waals surface area contributed by atoms with Crippen LogP contribution in [-0.2, 0) is 11.3 Å². The van der Waals surface area contributed by atoms with Gasteiger partial charge in [-0.05, 0) is 42.9 Å². The minimum absolute atomic E-state index is 0.117. The number of amides is 1. The highest BCUT2D eigenvalue weighted by Crippen LogP contribution is 2.27. The molecule has 0 fully saturated rings. The Morgan fingerprint density at radius 3 is 2.87 bits per heavy atom. The highest BCUT2D eigenvalue weighted by molar-refractivity contribution is 6.07. The van der Waals surface area contributed by atoms with Gasteiger partial charge in [0, 0.05) is 31.8 Å². The zero-order valence-electron chi connectivity index (χ0n) is 17.8. The fourth-order valence-corrected chi connectivity index (χ4v) is 4.93. The van der Waals surface area contributed by atoms with Gasteiger partial charge < -0.3 is 4.90 Å². The molecule has 5 rings (SSSR count). The molecule has 1 aromatic carbocycles. The molecule has 1 atom stereocenters. The molecule has 1 aromatic rings. The topological polar surface area (TPSA) is 39.2 Å². The van der Waals surface area contributed by atoms with E-state index in [1.165, 1.54) is 16.7 Å². The maximum absolute atomic E-state index is 13.7. The zero-order valence-corrected chi connectivity index (χ0v) is 17.8. The number of carbonyl (C=O) groups is 1. The monoisotopic (exact) mass is 402 g/mol. The minimum atomic E-state index is 0.117. The van der Waals surface area contributed by atoms with E-state index in [2.05, 4.69) is 65.3 Å². The second-order valence-corrected chi connectivity index (χ2v) is 8.71. The van der Waals surface area contributed by atoms with Crippen LogP contribution in [-0.4, -0.2) is 65.3 Å². The van der Waals surface area contributed by atoms with Crippen molar-refractivity contribution in [3.8, 4) is 0 Å². The lowest BCUT2D eigenvalue weighted by Crippen LogP contribution is -2.48. The Bertz CT molecular complexity index is 958. The molecule has 1 amide bonds. The molecule has 5 nitrogen and oxygen atoms in total. The lowest BCUT2D eigenvalue weighted by Gasteiger charge is -2.33. The van der Waals surface area contributed by atoms with E-state index >= 15 is 0 Å². The SMILES string of the molecule is Cc1ccccc1CN1C(=O)C2=CC(CCN(CC3=CCCC=C3)C2)N2CCN=C12. The molecule has 1 unspecified atom stereocenters. The molecule has 4 aliphatic rings. The molecule has 0 saturated heterocycles. The Labute approximate surface area is 179 Å². The van der Waals surface area contributed by atoms with Crippen LogP contribution in [0.3, 0.4) is 0 Å². The number of aliphatic imine (C=N–C) groups is 1. The van der Waals surface area contributed by atoms with Crippen LogP contribution >= 0.6 is 0 Å². The molecule has 3 heterocycles. The quantitative estimate of drug-likeness (QED) is 0.776. The summed E-state index contributed by atoms with van der Waals surface area (Å²) in [4.78, 5) is 25.2. The van der Waals surface area contributed by atoms with Crippen LogP contribution in [0.5, 0.6) is 0 Å². The highest BCUT2D eigenvalue weighted by atomic mass is 16.2. The Morgan fingerprint density at radius 1 is 1.13 bits per heavy atom. The summed E-state index contributed by atoms with van der Waals surface area (Å²) in [7, 11) is 0. The summed E-state index contributed by atoms with van der Waals surface area (Å²) in [6, 6.07) is 8.59. The number of benzene rings is 1. The van der Waals surface area contributed by atoms with Crippen molar-refractivity contribution in [1.82, 2.24) is 14.7 Å².